The maximum atomic E-state index is 12.1. The summed E-state index contributed by atoms with van der Waals surface area (Å²) in [7, 11) is 1.68. The van der Waals surface area contributed by atoms with E-state index in [0.29, 0.717) is 24.9 Å². The molecule has 2 N–H and O–H groups in total. The number of H-pyrrole nitrogens is 1. The maximum Gasteiger partial charge on any atom is 0.251 e. The number of rotatable bonds is 9. The minimum absolute atomic E-state index is 0.0233. The van der Waals surface area contributed by atoms with Crippen LogP contribution in [0.3, 0.4) is 0 Å². The molecule has 0 aliphatic heterocycles. The number of aromatic amines is 1. The first-order chi connectivity index (χ1) is 13.7. The number of fused-ring (bicyclic) bond motifs is 1. The fraction of sp³-hybridized carbons (Fsp3) is 0.304. The topological polar surface area (TPSA) is 71.2 Å². The molecule has 0 bridgehead atoms. The quantitative estimate of drug-likeness (QED) is 0.559. The molecule has 0 aliphatic carbocycles. The number of ether oxygens (including phenoxy) is 1. The molecule has 0 unspecified atom stereocenters. The van der Waals surface area contributed by atoms with Gasteiger partial charge < -0.3 is 15.0 Å². The van der Waals surface area contributed by atoms with Crippen LogP contribution in [-0.2, 0) is 17.6 Å². The van der Waals surface area contributed by atoms with Crippen LogP contribution < -0.4 is 15.6 Å². The predicted molar refractivity (Wildman–Crippen MR) is 112 cm³/mol. The van der Waals surface area contributed by atoms with Crippen molar-refractivity contribution in [3.05, 3.63) is 76.1 Å². The number of carbonyl (C=O) groups is 1. The molecule has 3 aromatic rings. The van der Waals surface area contributed by atoms with Crippen LogP contribution in [0.1, 0.15) is 30.4 Å². The molecule has 28 heavy (non-hydrogen) atoms. The number of nitrogens with one attached hydrogen (secondary N) is 2. The Morgan fingerprint density at radius 1 is 1.00 bits per heavy atom. The summed E-state index contributed by atoms with van der Waals surface area (Å²) in [6, 6.07) is 17.5. The first kappa shape index (κ1) is 19.7. The first-order valence-corrected chi connectivity index (χ1v) is 9.67. The van der Waals surface area contributed by atoms with Gasteiger partial charge >= 0.3 is 0 Å². The van der Waals surface area contributed by atoms with Crippen LogP contribution in [0.5, 0.6) is 5.75 Å². The average Bonchev–Trinajstić information content (AvgIpc) is 2.72. The number of unbranched alkanes of at least 4 members (excludes halogenated alkanes) is 1. The van der Waals surface area contributed by atoms with E-state index >= 15 is 0 Å². The third-order valence-electron chi connectivity index (χ3n) is 4.84. The van der Waals surface area contributed by atoms with Crippen LogP contribution in [0.2, 0.25) is 0 Å². The highest BCUT2D eigenvalue weighted by Gasteiger charge is 2.07. The van der Waals surface area contributed by atoms with E-state index in [1.165, 1.54) is 5.56 Å². The number of para-hydroxylation sites is 2. The second-order valence-corrected chi connectivity index (χ2v) is 6.83. The number of aryl methyl sites for hydroxylation is 2. The third kappa shape index (κ3) is 5.22. The molecule has 0 aliphatic rings. The number of aromatic nitrogens is 1. The van der Waals surface area contributed by atoms with Crippen molar-refractivity contribution < 1.29 is 9.53 Å². The fourth-order valence-corrected chi connectivity index (χ4v) is 3.29. The van der Waals surface area contributed by atoms with Gasteiger partial charge in [-0.05, 0) is 54.8 Å². The first-order valence-electron chi connectivity index (χ1n) is 9.67. The maximum absolute atomic E-state index is 12.1. The Morgan fingerprint density at radius 2 is 1.79 bits per heavy atom. The molecule has 5 heteroatoms. The van der Waals surface area contributed by atoms with E-state index in [-0.39, 0.29) is 11.5 Å². The standard InChI is InChI=1S/C23H26N2O3/c1-28-21-12-5-3-8-17(21)9-6-7-15-24-22(26)14-13-19-16-18-10-2-4-11-20(18)25-23(19)27/h2-5,8,10-12,16H,6-7,9,13-15H2,1H3,(H,24,26)(H,25,27). The van der Waals surface area contributed by atoms with Crippen molar-refractivity contribution in [3.63, 3.8) is 0 Å². The van der Waals surface area contributed by atoms with E-state index in [4.69, 9.17) is 4.74 Å². The van der Waals surface area contributed by atoms with Gasteiger partial charge in [-0.1, -0.05) is 36.4 Å². The van der Waals surface area contributed by atoms with Crippen LogP contribution >= 0.6 is 0 Å². The molecule has 5 nitrogen and oxygen atoms in total. The lowest BCUT2D eigenvalue weighted by Gasteiger charge is -2.08. The molecule has 3 rings (SSSR count). The number of hydrogen-bond acceptors (Lipinski definition) is 3. The van der Waals surface area contributed by atoms with E-state index in [2.05, 4.69) is 16.4 Å². The summed E-state index contributed by atoms with van der Waals surface area (Å²) in [4.78, 5) is 27.1. The third-order valence-corrected chi connectivity index (χ3v) is 4.84. The van der Waals surface area contributed by atoms with Crippen LogP contribution in [0.25, 0.3) is 10.9 Å². The summed E-state index contributed by atoms with van der Waals surface area (Å²) in [5.74, 6) is 0.886. The highest BCUT2D eigenvalue weighted by molar-refractivity contribution is 5.79. The minimum atomic E-state index is -0.122. The van der Waals surface area contributed by atoms with Gasteiger partial charge in [-0.15, -0.1) is 0 Å². The molecule has 0 saturated carbocycles. The molecule has 1 amide bonds. The molecule has 0 saturated heterocycles. The smallest absolute Gasteiger partial charge is 0.251 e. The number of amides is 1. The van der Waals surface area contributed by atoms with Gasteiger partial charge in [0, 0.05) is 24.0 Å². The Labute approximate surface area is 164 Å². The summed E-state index contributed by atoms with van der Waals surface area (Å²) in [5.41, 5.74) is 2.52. The van der Waals surface area contributed by atoms with Crippen molar-refractivity contribution in [2.24, 2.45) is 0 Å². The molecule has 1 heterocycles. The molecule has 146 valence electrons. The molecule has 1 aromatic heterocycles. The van der Waals surface area contributed by atoms with E-state index in [1.54, 1.807) is 7.11 Å². The summed E-state index contributed by atoms with van der Waals surface area (Å²) in [5, 5.41) is 3.92. The largest absolute Gasteiger partial charge is 0.496 e. The lowest BCUT2D eigenvalue weighted by molar-refractivity contribution is -0.121. The van der Waals surface area contributed by atoms with Gasteiger partial charge in [0.25, 0.3) is 5.56 Å². The Morgan fingerprint density at radius 3 is 2.64 bits per heavy atom. The monoisotopic (exact) mass is 378 g/mol. The summed E-state index contributed by atoms with van der Waals surface area (Å²) in [6.45, 7) is 0.641. The number of hydrogen-bond donors (Lipinski definition) is 2. The van der Waals surface area contributed by atoms with E-state index in [1.807, 2.05) is 48.5 Å². The zero-order valence-electron chi connectivity index (χ0n) is 16.2. The second-order valence-electron chi connectivity index (χ2n) is 6.83. The van der Waals surface area contributed by atoms with Gasteiger partial charge in [-0.25, -0.2) is 0 Å². The molecular weight excluding hydrogens is 352 g/mol. The minimum Gasteiger partial charge on any atom is -0.496 e. The highest BCUT2D eigenvalue weighted by atomic mass is 16.5. The number of methoxy groups -OCH3 is 1. The average molecular weight is 378 g/mol. The molecule has 0 fully saturated rings. The molecule has 0 atom stereocenters. The van der Waals surface area contributed by atoms with Crippen molar-refractivity contribution in [2.75, 3.05) is 13.7 Å². The summed E-state index contributed by atoms with van der Waals surface area (Å²) in [6.07, 6.45) is 3.55. The van der Waals surface area contributed by atoms with Gasteiger partial charge in [-0.3, -0.25) is 9.59 Å². The van der Waals surface area contributed by atoms with Crippen LogP contribution in [-0.4, -0.2) is 24.5 Å². The van der Waals surface area contributed by atoms with Crippen molar-refractivity contribution in [1.82, 2.24) is 10.3 Å². The molecular formula is C23H26N2O3. The van der Waals surface area contributed by atoms with Crippen molar-refractivity contribution >= 4 is 16.8 Å². The zero-order valence-corrected chi connectivity index (χ0v) is 16.2. The zero-order chi connectivity index (χ0) is 19.8. The van der Waals surface area contributed by atoms with E-state index < -0.39 is 0 Å². The van der Waals surface area contributed by atoms with Gasteiger partial charge in [-0.2, -0.15) is 0 Å². The predicted octanol–water partition coefficient (Wildman–Crippen LogP) is 3.61. The van der Waals surface area contributed by atoms with Gasteiger partial charge in [0.15, 0.2) is 0 Å². The van der Waals surface area contributed by atoms with Gasteiger partial charge in [0.1, 0.15) is 5.75 Å². The lowest BCUT2D eigenvalue weighted by atomic mass is 10.1. The Hall–Kier alpha value is -3.08. The highest BCUT2D eigenvalue weighted by Crippen LogP contribution is 2.19. The van der Waals surface area contributed by atoms with Crippen LogP contribution in [0.4, 0.5) is 0 Å². The Kier molecular flexibility index (Phi) is 6.84. The molecule has 0 spiro atoms. The molecule has 0 radical (unpaired) electrons. The number of carbonyl (C=O) groups excluding carboxylic acids is 1. The van der Waals surface area contributed by atoms with E-state index in [0.717, 1.165) is 35.9 Å². The summed E-state index contributed by atoms with van der Waals surface area (Å²) < 4.78 is 5.35. The Bertz CT molecular complexity index is 994. The number of benzene rings is 2. The number of pyridine rings is 1. The van der Waals surface area contributed by atoms with Crippen molar-refractivity contribution in [3.8, 4) is 5.75 Å². The van der Waals surface area contributed by atoms with Crippen LogP contribution in [0, 0.1) is 0 Å². The van der Waals surface area contributed by atoms with Crippen LogP contribution in [0.15, 0.2) is 59.4 Å². The van der Waals surface area contributed by atoms with Gasteiger partial charge in [0.05, 0.1) is 7.11 Å². The van der Waals surface area contributed by atoms with Crippen molar-refractivity contribution in [2.45, 2.75) is 32.1 Å². The van der Waals surface area contributed by atoms with Gasteiger partial charge in [0.2, 0.25) is 5.91 Å². The summed E-state index contributed by atoms with van der Waals surface area (Å²) >= 11 is 0. The van der Waals surface area contributed by atoms with E-state index in [9.17, 15) is 9.59 Å². The Balaban J connectivity index is 1.40. The SMILES string of the molecule is COc1ccccc1CCCCNC(=O)CCc1cc2ccccc2[nH]c1=O. The normalized spacial score (nSPS) is 10.8. The molecule has 2 aromatic carbocycles. The fourth-order valence-electron chi connectivity index (χ4n) is 3.29. The second kappa shape index (κ2) is 9.74. The van der Waals surface area contributed by atoms with Crippen molar-refractivity contribution in [1.29, 1.82) is 0 Å². The lowest BCUT2D eigenvalue weighted by Crippen LogP contribution is -2.25.